The van der Waals surface area contributed by atoms with E-state index >= 15 is 0 Å². The summed E-state index contributed by atoms with van der Waals surface area (Å²) in [4.78, 5) is 23.3. The predicted molar refractivity (Wildman–Crippen MR) is 94.0 cm³/mol. The number of amides is 2. The fourth-order valence-corrected chi connectivity index (χ4v) is 2.35. The maximum atomic E-state index is 12.1. The van der Waals surface area contributed by atoms with Crippen LogP contribution in [0.25, 0.3) is 0 Å². The van der Waals surface area contributed by atoms with Crippen molar-refractivity contribution in [3.8, 4) is 5.75 Å². The van der Waals surface area contributed by atoms with Crippen molar-refractivity contribution in [3.05, 3.63) is 59.2 Å². The highest BCUT2D eigenvalue weighted by atomic mass is 16.5. The van der Waals surface area contributed by atoms with Gasteiger partial charge in [-0.3, -0.25) is 9.59 Å². The third-order valence-corrected chi connectivity index (χ3v) is 3.56. The number of hydrogen-bond donors (Lipinski definition) is 2. The first-order valence-electron chi connectivity index (χ1n) is 7.74. The van der Waals surface area contributed by atoms with Crippen LogP contribution in [0.15, 0.2) is 42.5 Å². The normalized spacial score (nSPS) is 10.1. The number of anilines is 1. The van der Waals surface area contributed by atoms with Gasteiger partial charge in [-0.05, 0) is 30.7 Å². The number of aryl methyl sites for hydroxylation is 1. The molecule has 0 saturated carbocycles. The maximum Gasteiger partial charge on any atom is 0.224 e. The van der Waals surface area contributed by atoms with Crippen molar-refractivity contribution in [2.24, 2.45) is 0 Å². The molecule has 0 unspecified atom stereocenters. The average Bonchev–Trinajstić information content (AvgIpc) is 2.55. The maximum absolute atomic E-state index is 12.1. The molecule has 0 bridgehead atoms. The summed E-state index contributed by atoms with van der Waals surface area (Å²) in [5, 5.41) is 5.61. The minimum Gasteiger partial charge on any atom is -0.496 e. The van der Waals surface area contributed by atoms with Gasteiger partial charge >= 0.3 is 0 Å². The van der Waals surface area contributed by atoms with Gasteiger partial charge in [-0.25, -0.2) is 0 Å². The Labute approximate surface area is 142 Å². The Balaban J connectivity index is 2.00. The molecule has 0 spiro atoms. The second-order valence-electron chi connectivity index (χ2n) is 5.65. The molecule has 2 N–H and O–H groups in total. The van der Waals surface area contributed by atoms with E-state index in [1.165, 1.54) is 12.5 Å². The van der Waals surface area contributed by atoms with E-state index in [4.69, 9.17) is 4.74 Å². The average molecular weight is 326 g/mol. The van der Waals surface area contributed by atoms with Crippen LogP contribution in [0.2, 0.25) is 0 Å². The largest absolute Gasteiger partial charge is 0.496 e. The van der Waals surface area contributed by atoms with Gasteiger partial charge in [-0.15, -0.1) is 0 Å². The van der Waals surface area contributed by atoms with Gasteiger partial charge in [0, 0.05) is 24.7 Å². The summed E-state index contributed by atoms with van der Waals surface area (Å²) in [6, 6.07) is 13.2. The van der Waals surface area contributed by atoms with Crippen LogP contribution < -0.4 is 15.4 Å². The first-order valence-corrected chi connectivity index (χ1v) is 7.74. The van der Waals surface area contributed by atoms with Crippen molar-refractivity contribution in [2.75, 3.05) is 12.4 Å². The van der Waals surface area contributed by atoms with Gasteiger partial charge in [0.15, 0.2) is 0 Å². The van der Waals surface area contributed by atoms with Crippen LogP contribution in [0, 0.1) is 6.92 Å². The quantitative estimate of drug-likeness (QED) is 0.858. The number of ether oxygens (including phenoxy) is 1. The van der Waals surface area contributed by atoms with Gasteiger partial charge < -0.3 is 15.4 Å². The van der Waals surface area contributed by atoms with E-state index in [0.717, 1.165) is 11.1 Å². The molecule has 0 atom stereocenters. The highest BCUT2D eigenvalue weighted by Crippen LogP contribution is 2.22. The SMILES string of the molecule is COc1ccc(NC(C)=O)cc1CNC(=O)Cc1ccc(C)cc1. The number of hydrogen-bond acceptors (Lipinski definition) is 3. The molecule has 0 radical (unpaired) electrons. The monoisotopic (exact) mass is 326 g/mol. The molecule has 2 aromatic rings. The van der Waals surface area contributed by atoms with E-state index in [2.05, 4.69) is 10.6 Å². The fraction of sp³-hybridized carbons (Fsp3) is 0.263. The Bertz CT molecular complexity index is 724. The lowest BCUT2D eigenvalue weighted by molar-refractivity contribution is -0.120. The molecule has 2 rings (SSSR count). The van der Waals surface area contributed by atoms with Crippen LogP contribution in [0.1, 0.15) is 23.6 Å². The lowest BCUT2D eigenvalue weighted by Gasteiger charge is -2.12. The van der Waals surface area contributed by atoms with Crippen LogP contribution >= 0.6 is 0 Å². The topological polar surface area (TPSA) is 67.4 Å². The van der Waals surface area contributed by atoms with Gasteiger partial charge in [-0.1, -0.05) is 29.8 Å². The van der Waals surface area contributed by atoms with Crippen LogP contribution in [-0.2, 0) is 22.6 Å². The lowest BCUT2D eigenvalue weighted by atomic mass is 10.1. The Kier molecular flexibility index (Phi) is 5.95. The van der Waals surface area contributed by atoms with Crippen molar-refractivity contribution >= 4 is 17.5 Å². The van der Waals surface area contributed by atoms with Gasteiger partial charge in [0.2, 0.25) is 11.8 Å². The molecule has 0 aliphatic heterocycles. The molecule has 2 aromatic carbocycles. The van der Waals surface area contributed by atoms with Gasteiger partial charge in [0.25, 0.3) is 0 Å². The Morgan fingerprint density at radius 3 is 2.42 bits per heavy atom. The van der Waals surface area contributed by atoms with Crippen molar-refractivity contribution in [1.82, 2.24) is 5.32 Å². The number of methoxy groups -OCH3 is 1. The summed E-state index contributed by atoms with van der Waals surface area (Å²) in [5.41, 5.74) is 3.61. The Morgan fingerprint density at radius 1 is 1.08 bits per heavy atom. The molecule has 0 aliphatic rings. The second-order valence-corrected chi connectivity index (χ2v) is 5.65. The first-order chi connectivity index (χ1) is 11.5. The third-order valence-electron chi connectivity index (χ3n) is 3.56. The number of rotatable bonds is 6. The summed E-state index contributed by atoms with van der Waals surface area (Å²) >= 11 is 0. The number of carbonyl (C=O) groups is 2. The van der Waals surface area contributed by atoms with Crippen molar-refractivity contribution in [1.29, 1.82) is 0 Å². The molecule has 24 heavy (non-hydrogen) atoms. The summed E-state index contributed by atoms with van der Waals surface area (Å²) in [7, 11) is 1.57. The minimum atomic E-state index is -0.144. The third kappa shape index (κ3) is 5.12. The molecular formula is C19H22N2O3. The van der Waals surface area contributed by atoms with E-state index in [0.29, 0.717) is 24.4 Å². The Morgan fingerprint density at radius 2 is 1.79 bits per heavy atom. The number of carbonyl (C=O) groups excluding carboxylic acids is 2. The summed E-state index contributed by atoms with van der Waals surface area (Å²) in [6.07, 6.45) is 0.327. The smallest absolute Gasteiger partial charge is 0.224 e. The van der Waals surface area contributed by atoms with E-state index < -0.39 is 0 Å². The highest BCUT2D eigenvalue weighted by molar-refractivity contribution is 5.88. The summed E-state index contributed by atoms with van der Waals surface area (Å²) in [6.45, 7) is 3.80. The fourth-order valence-electron chi connectivity index (χ4n) is 2.35. The highest BCUT2D eigenvalue weighted by Gasteiger charge is 2.08. The van der Waals surface area contributed by atoms with Crippen molar-refractivity contribution < 1.29 is 14.3 Å². The standard InChI is InChI=1S/C19H22N2O3/c1-13-4-6-15(7-5-13)10-19(23)20-12-16-11-17(21-14(2)22)8-9-18(16)24-3/h4-9,11H,10,12H2,1-3H3,(H,20,23)(H,21,22). The van der Waals surface area contributed by atoms with Gasteiger partial charge in [0.05, 0.1) is 13.5 Å². The van der Waals surface area contributed by atoms with E-state index in [9.17, 15) is 9.59 Å². The van der Waals surface area contributed by atoms with E-state index in [-0.39, 0.29) is 11.8 Å². The molecular weight excluding hydrogens is 304 g/mol. The molecule has 0 aliphatic carbocycles. The molecule has 0 aromatic heterocycles. The van der Waals surface area contributed by atoms with E-state index in [1.54, 1.807) is 25.3 Å². The molecule has 5 heteroatoms. The molecule has 2 amide bonds. The number of benzene rings is 2. The molecule has 0 heterocycles. The molecule has 0 saturated heterocycles. The van der Waals surface area contributed by atoms with Gasteiger partial charge in [-0.2, -0.15) is 0 Å². The van der Waals surface area contributed by atoms with Crippen LogP contribution in [0.3, 0.4) is 0 Å². The zero-order valence-electron chi connectivity index (χ0n) is 14.2. The Hall–Kier alpha value is -2.82. The zero-order valence-corrected chi connectivity index (χ0v) is 14.2. The molecule has 5 nitrogen and oxygen atoms in total. The first kappa shape index (κ1) is 17.5. The van der Waals surface area contributed by atoms with Crippen LogP contribution in [-0.4, -0.2) is 18.9 Å². The minimum absolute atomic E-state index is 0.0640. The zero-order chi connectivity index (χ0) is 17.5. The van der Waals surface area contributed by atoms with Crippen LogP contribution in [0.4, 0.5) is 5.69 Å². The lowest BCUT2D eigenvalue weighted by Crippen LogP contribution is -2.24. The second kappa shape index (κ2) is 8.15. The van der Waals surface area contributed by atoms with Gasteiger partial charge in [0.1, 0.15) is 5.75 Å². The van der Waals surface area contributed by atoms with Crippen molar-refractivity contribution in [3.63, 3.8) is 0 Å². The molecule has 126 valence electrons. The van der Waals surface area contributed by atoms with E-state index in [1.807, 2.05) is 31.2 Å². The molecule has 0 fully saturated rings. The van der Waals surface area contributed by atoms with Crippen LogP contribution in [0.5, 0.6) is 5.75 Å². The summed E-state index contributed by atoms with van der Waals surface area (Å²) in [5.74, 6) is 0.458. The predicted octanol–water partition coefficient (Wildman–Crippen LogP) is 2.82. The van der Waals surface area contributed by atoms with Crippen molar-refractivity contribution in [2.45, 2.75) is 26.8 Å². The summed E-state index contributed by atoms with van der Waals surface area (Å²) < 4.78 is 5.31. The number of nitrogens with one attached hydrogen (secondary N) is 2.